The van der Waals surface area contributed by atoms with Crippen molar-refractivity contribution in [2.75, 3.05) is 27.2 Å². The number of aromatic nitrogens is 2. The molecule has 1 saturated carbocycles. The number of fused-ring (bicyclic) bond motifs is 1. The van der Waals surface area contributed by atoms with Gasteiger partial charge in [-0.05, 0) is 58.7 Å². The molecular weight excluding hydrogens is 348 g/mol. The number of nitrogens with zero attached hydrogens (tertiary/aromatic N) is 4. The number of benzene rings is 1. The van der Waals surface area contributed by atoms with Crippen molar-refractivity contribution < 1.29 is 4.74 Å². The second-order valence-corrected chi connectivity index (χ2v) is 8.88. The van der Waals surface area contributed by atoms with Crippen LogP contribution in [0.25, 0.3) is 0 Å². The van der Waals surface area contributed by atoms with Gasteiger partial charge in [0, 0.05) is 49.7 Å². The van der Waals surface area contributed by atoms with Gasteiger partial charge in [-0.2, -0.15) is 0 Å². The van der Waals surface area contributed by atoms with Crippen LogP contribution in [0.1, 0.15) is 42.6 Å². The summed E-state index contributed by atoms with van der Waals surface area (Å²) in [6.07, 6.45) is 8.65. The zero-order chi connectivity index (χ0) is 19.6. The Labute approximate surface area is 168 Å². The molecule has 5 nitrogen and oxygen atoms in total. The predicted octanol–water partition coefficient (Wildman–Crippen LogP) is 3.67. The van der Waals surface area contributed by atoms with Gasteiger partial charge in [0.15, 0.2) is 0 Å². The van der Waals surface area contributed by atoms with Crippen LogP contribution in [-0.4, -0.2) is 52.6 Å². The molecule has 1 aliphatic carbocycles. The molecule has 0 bridgehead atoms. The van der Waals surface area contributed by atoms with Crippen LogP contribution in [0.3, 0.4) is 0 Å². The fourth-order valence-electron chi connectivity index (χ4n) is 4.74. The van der Waals surface area contributed by atoms with Gasteiger partial charge in [-0.25, -0.2) is 9.97 Å². The number of ether oxygens (including phenoxy) is 1. The molecule has 150 valence electrons. The molecule has 2 aromatic rings. The van der Waals surface area contributed by atoms with E-state index >= 15 is 0 Å². The summed E-state index contributed by atoms with van der Waals surface area (Å²) in [6, 6.07) is 8.54. The van der Waals surface area contributed by atoms with Crippen molar-refractivity contribution in [2.45, 2.75) is 51.3 Å². The maximum absolute atomic E-state index is 6.74. The van der Waals surface area contributed by atoms with Crippen LogP contribution in [0, 0.1) is 12.8 Å². The van der Waals surface area contributed by atoms with Crippen LogP contribution in [0.5, 0.6) is 5.75 Å². The van der Waals surface area contributed by atoms with E-state index in [1.54, 1.807) is 0 Å². The minimum atomic E-state index is -0.0824. The van der Waals surface area contributed by atoms with Gasteiger partial charge < -0.3 is 9.64 Å². The lowest BCUT2D eigenvalue weighted by molar-refractivity contribution is -0.0115. The Morgan fingerprint density at radius 2 is 1.86 bits per heavy atom. The van der Waals surface area contributed by atoms with Crippen molar-refractivity contribution in [3.63, 3.8) is 0 Å². The van der Waals surface area contributed by atoms with Crippen molar-refractivity contribution in [1.82, 2.24) is 19.8 Å². The third kappa shape index (κ3) is 4.53. The molecule has 0 atom stereocenters. The molecule has 2 aliphatic rings. The highest BCUT2D eigenvalue weighted by Crippen LogP contribution is 2.40. The lowest BCUT2D eigenvalue weighted by Gasteiger charge is -2.42. The van der Waals surface area contributed by atoms with Crippen LogP contribution >= 0.6 is 0 Å². The average Bonchev–Trinajstić information content (AvgIpc) is 2.81. The van der Waals surface area contributed by atoms with Crippen molar-refractivity contribution >= 4 is 0 Å². The highest BCUT2D eigenvalue weighted by Gasteiger charge is 2.41. The minimum Gasteiger partial charge on any atom is -0.486 e. The zero-order valence-electron chi connectivity index (χ0n) is 17.4. The van der Waals surface area contributed by atoms with Crippen molar-refractivity contribution in [1.29, 1.82) is 0 Å². The molecule has 28 heavy (non-hydrogen) atoms. The van der Waals surface area contributed by atoms with E-state index in [0.29, 0.717) is 0 Å². The fourth-order valence-corrected chi connectivity index (χ4v) is 4.74. The molecule has 4 rings (SSSR count). The smallest absolute Gasteiger partial charge is 0.125 e. The molecule has 0 N–H and O–H groups in total. The highest BCUT2D eigenvalue weighted by atomic mass is 16.5. The van der Waals surface area contributed by atoms with Crippen molar-refractivity contribution in [2.24, 2.45) is 5.92 Å². The molecule has 5 heteroatoms. The lowest BCUT2D eigenvalue weighted by Crippen LogP contribution is -2.48. The zero-order valence-corrected chi connectivity index (χ0v) is 17.4. The van der Waals surface area contributed by atoms with Crippen LogP contribution < -0.4 is 4.74 Å². The van der Waals surface area contributed by atoms with Gasteiger partial charge in [0.1, 0.15) is 17.2 Å². The average molecular weight is 381 g/mol. The normalized spacial score (nSPS) is 25.4. The first-order valence-corrected chi connectivity index (χ1v) is 10.4. The third-order valence-electron chi connectivity index (χ3n) is 6.09. The Balaban J connectivity index is 1.54. The Morgan fingerprint density at radius 1 is 1.14 bits per heavy atom. The summed E-state index contributed by atoms with van der Waals surface area (Å²) in [7, 11) is 4.35. The first-order chi connectivity index (χ1) is 13.5. The topological polar surface area (TPSA) is 41.5 Å². The molecule has 0 saturated heterocycles. The van der Waals surface area contributed by atoms with Gasteiger partial charge in [-0.3, -0.25) is 4.90 Å². The summed E-state index contributed by atoms with van der Waals surface area (Å²) >= 11 is 0. The van der Waals surface area contributed by atoms with E-state index in [9.17, 15) is 0 Å². The largest absolute Gasteiger partial charge is 0.486 e. The summed E-state index contributed by atoms with van der Waals surface area (Å²) in [5.74, 6) is 2.67. The lowest BCUT2D eigenvalue weighted by atomic mass is 9.78. The van der Waals surface area contributed by atoms with Crippen LogP contribution in [0.2, 0.25) is 0 Å². The first-order valence-electron chi connectivity index (χ1n) is 10.4. The molecule has 1 aromatic heterocycles. The highest BCUT2D eigenvalue weighted by molar-refractivity contribution is 5.35. The fraction of sp³-hybridized carbons (Fsp3) is 0.565. The molecule has 0 amide bonds. The molecule has 2 heterocycles. The number of hydrogen-bond donors (Lipinski definition) is 0. The molecule has 0 radical (unpaired) electrons. The van der Waals surface area contributed by atoms with Crippen LogP contribution in [-0.2, 0) is 13.1 Å². The molecule has 0 unspecified atom stereocenters. The van der Waals surface area contributed by atoms with Crippen LogP contribution in [0.4, 0.5) is 0 Å². The predicted molar refractivity (Wildman–Crippen MR) is 111 cm³/mol. The Morgan fingerprint density at radius 3 is 2.57 bits per heavy atom. The second-order valence-electron chi connectivity index (χ2n) is 8.88. The van der Waals surface area contributed by atoms with Gasteiger partial charge in [0.25, 0.3) is 0 Å². The number of para-hydroxylation sites is 1. The van der Waals surface area contributed by atoms with E-state index in [0.717, 1.165) is 50.0 Å². The molecular formula is C23H32N4O. The summed E-state index contributed by atoms with van der Waals surface area (Å²) < 4.78 is 6.74. The second kappa shape index (κ2) is 8.18. The summed E-state index contributed by atoms with van der Waals surface area (Å²) in [6.45, 7) is 5.84. The summed E-state index contributed by atoms with van der Waals surface area (Å²) in [4.78, 5) is 13.6. The van der Waals surface area contributed by atoms with E-state index in [1.165, 1.54) is 30.5 Å². The number of rotatable bonds is 4. The van der Waals surface area contributed by atoms with Crippen molar-refractivity contribution in [3.05, 3.63) is 53.6 Å². The van der Waals surface area contributed by atoms with Gasteiger partial charge >= 0.3 is 0 Å². The maximum Gasteiger partial charge on any atom is 0.125 e. The minimum absolute atomic E-state index is 0.0824. The van der Waals surface area contributed by atoms with E-state index in [1.807, 2.05) is 19.3 Å². The van der Waals surface area contributed by atoms with Gasteiger partial charge in [0.2, 0.25) is 0 Å². The molecule has 1 fully saturated rings. The third-order valence-corrected chi connectivity index (χ3v) is 6.09. The van der Waals surface area contributed by atoms with Crippen LogP contribution in [0.15, 0.2) is 36.7 Å². The molecule has 1 aliphatic heterocycles. The summed E-state index contributed by atoms with van der Waals surface area (Å²) in [5.41, 5.74) is 2.37. The van der Waals surface area contributed by atoms with Gasteiger partial charge in [0.05, 0.1) is 0 Å². The van der Waals surface area contributed by atoms with Gasteiger partial charge in [-0.1, -0.05) is 18.2 Å². The Kier molecular flexibility index (Phi) is 5.65. The van der Waals surface area contributed by atoms with E-state index in [4.69, 9.17) is 4.74 Å². The molecule has 1 aromatic carbocycles. The maximum atomic E-state index is 6.74. The van der Waals surface area contributed by atoms with E-state index in [2.05, 4.69) is 58.1 Å². The van der Waals surface area contributed by atoms with E-state index in [-0.39, 0.29) is 5.60 Å². The standard InChI is InChI=1S/C23H32N4O/c1-18-24-12-20(13-25-18)15-27-16-21-6-4-5-7-22(21)28-23(17-27)10-8-19(9-11-23)14-26(2)3/h4-7,12-13,19H,8-11,14-17H2,1-3H3. The number of aryl methyl sites for hydroxylation is 1. The quantitative estimate of drug-likeness (QED) is 0.809. The van der Waals surface area contributed by atoms with Gasteiger partial charge in [-0.15, -0.1) is 0 Å². The monoisotopic (exact) mass is 380 g/mol. The Hall–Kier alpha value is -1.98. The molecule has 1 spiro atoms. The SMILES string of the molecule is Cc1ncc(CN2Cc3ccccc3OC3(CCC(CN(C)C)CC3)C2)cn1. The summed E-state index contributed by atoms with van der Waals surface area (Å²) in [5, 5.41) is 0. The van der Waals surface area contributed by atoms with Crippen molar-refractivity contribution in [3.8, 4) is 5.75 Å². The first kappa shape index (κ1) is 19.3. The number of hydrogen-bond acceptors (Lipinski definition) is 5. The Bertz CT molecular complexity index is 781. The van der Waals surface area contributed by atoms with E-state index < -0.39 is 0 Å².